The Hall–Kier alpha value is -1.86. The van der Waals surface area contributed by atoms with Crippen molar-refractivity contribution in [2.24, 2.45) is 17.2 Å². The lowest BCUT2D eigenvalue weighted by Crippen LogP contribution is -2.65. The molecule has 0 saturated heterocycles. The van der Waals surface area contributed by atoms with Crippen LogP contribution in [0.15, 0.2) is 24.5 Å². The predicted octanol–water partition coefficient (Wildman–Crippen LogP) is -1.27. The Balaban J connectivity index is 3.22. The molecule has 0 fully saturated rings. The van der Waals surface area contributed by atoms with E-state index in [0.29, 0.717) is 0 Å². The monoisotopic (exact) mass is 238 g/mol. The predicted molar refractivity (Wildman–Crippen MR) is 61.5 cm³/mol. The van der Waals surface area contributed by atoms with E-state index >= 15 is 0 Å². The van der Waals surface area contributed by atoms with Crippen molar-refractivity contribution in [2.75, 3.05) is 0 Å². The molecule has 0 aliphatic carbocycles. The number of carbonyl (C=O) groups is 2. The van der Waals surface area contributed by atoms with Gasteiger partial charge < -0.3 is 17.2 Å². The van der Waals surface area contributed by atoms with Crippen LogP contribution in [-0.2, 0) is 4.79 Å². The number of nitrogens with zero attached hydrogens (tertiary/aromatic N) is 1. The van der Waals surface area contributed by atoms with Crippen LogP contribution in [0.3, 0.4) is 0 Å². The van der Waals surface area contributed by atoms with Gasteiger partial charge in [-0.1, -0.05) is 12.2 Å². The molecule has 84 valence electrons. The van der Waals surface area contributed by atoms with Crippen molar-refractivity contribution in [1.82, 2.24) is 4.98 Å². The quantitative estimate of drug-likeness (QED) is 0.341. The van der Waals surface area contributed by atoms with Crippen molar-refractivity contribution in [3.63, 3.8) is 0 Å². The van der Waals surface area contributed by atoms with E-state index in [1.807, 2.05) is 0 Å². The molecule has 16 heavy (non-hydrogen) atoms. The number of ketones is 1. The summed E-state index contributed by atoms with van der Waals surface area (Å²) < 4.78 is 0. The van der Waals surface area contributed by atoms with Crippen LogP contribution in [0.2, 0.25) is 0 Å². The second-order valence-corrected chi connectivity index (χ2v) is 3.55. The number of thiocarbonyl (C=S) groups is 1. The number of hydrogen-bond acceptors (Lipinski definition) is 5. The van der Waals surface area contributed by atoms with E-state index in [9.17, 15) is 9.59 Å². The van der Waals surface area contributed by atoms with Gasteiger partial charge in [0, 0.05) is 18.0 Å². The first kappa shape index (κ1) is 12.2. The topological polar surface area (TPSA) is 125 Å². The summed E-state index contributed by atoms with van der Waals surface area (Å²) in [5, 5.41) is 0. The molecule has 0 aliphatic heterocycles. The fraction of sp³-hybridized carbons (Fsp3) is 0.111. The van der Waals surface area contributed by atoms with Gasteiger partial charge >= 0.3 is 0 Å². The molecular formula is C9H10N4O2S. The molecule has 6 N–H and O–H groups in total. The SMILES string of the molecule is NC(=O)[C@](N)(C(=O)c1cccnc1)C(N)=S. The van der Waals surface area contributed by atoms with Gasteiger partial charge in [-0.15, -0.1) is 0 Å². The van der Waals surface area contributed by atoms with E-state index in [4.69, 9.17) is 17.2 Å². The average molecular weight is 238 g/mol. The minimum absolute atomic E-state index is 0.122. The highest BCUT2D eigenvalue weighted by atomic mass is 32.1. The number of hydrogen-bond donors (Lipinski definition) is 3. The van der Waals surface area contributed by atoms with Crippen LogP contribution in [-0.4, -0.2) is 27.2 Å². The van der Waals surface area contributed by atoms with Gasteiger partial charge in [0.05, 0.1) is 0 Å². The summed E-state index contributed by atoms with van der Waals surface area (Å²) in [5.74, 6) is -1.85. The number of aromatic nitrogens is 1. The standard InChI is InChI=1S/C9H10N4O2S/c10-7(15)9(12,8(11)16)6(14)5-2-1-3-13-4-5/h1-4H,12H2,(H2,10,15)(H2,11,16)/t9-/m1/s1. The maximum atomic E-state index is 11.9. The van der Waals surface area contributed by atoms with E-state index in [-0.39, 0.29) is 5.56 Å². The molecule has 0 radical (unpaired) electrons. The smallest absolute Gasteiger partial charge is 0.252 e. The zero-order valence-electron chi connectivity index (χ0n) is 8.21. The molecular weight excluding hydrogens is 228 g/mol. The molecule has 0 aliphatic rings. The Labute approximate surface area is 96.8 Å². The Morgan fingerprint density at radius 3 is 2.38 bits per heavy atom. The maximum absolute atomic E-state index is 11.9. The normalized spacial score (nSPS) is 13.8. The van der Waals surface area contributed by atoms with Gasteiger partial charge in [-0.3, -0.25) is 14.6 Å². The molecule has 0 spiro atoms. The fourth-order valence-corrected chi connectivity index (χ4v) is 1.26. The highest BCUT2D eigenvalue weighted by Gasteiger charge is 2.44. The van der Waals surface area contributed by atoms with Gasteiger partial charge in [0.15, 0.2) is 0 Å². The highest BCUT2D eigenvalue weighted by Crippen LogP contribution is 2.10. The van der Waals surface area contributed by atoms with Gasteiger partial charge in [0.1, 0.15) is 4.99 Å². The van der Waals surface area contributed by atoms with Crippen molar-refractivity contribution in [3.8, 4) is 0 Å². The first-order valence-electron chi connectivity index (χ1n) is 4.24. The van der Waals surface area contributed by atoms with Gasteiger partial charge in [-0.2, -0.15) is 0 Å². The average Bonchev–Trinajstić information content (AvgIpc) is 2.27. The molecule has 1 aromatic rings. The first-order chi connectivity index (χ1) is 7.40. The van der Waals surface area contributed by atoms with Crippen molar-refractivity contribution < 1.29 is 9.59 Å². The Bertz CT molecular complexity index is 432. The number of amides is 1. The molecule has 0 unspecified atom stereocenters. The van der Waals surface area contributed by atoms with Crippen molar-refractivity contribution in [3.05, 3.63) is 30.1 Å². The second kappa shape index (κ2) is 4.33. The minimum atomic E-state index is -2.17. The van der Waals surface area contributed by atoms with E-state index in [1.165, 1.54) is 24.5 Å². The number of rotatable bonds is 4. The summed E-state index contributed by atoms with van der Waals surface area (Å²) >= 11 is 4.59. The summed E-state index contributed by atoms with van der Waals surface area (Å²) in [6.45, 7) is 0. The Morgan fingerprint density at radius 2 is 2.00 bits per heavy atom. The number of primary amides is 1. The summed E-state index contributed by atoms with van der Waals surface area (Å²) in [5.41, 5.74) is 13.8. The molecule has 7 heteroatoms. The number of nitrogens with two attached hydrogens (primary N) is 3. The first-order valence-corrected chi connectivity index (χ1v) is 4.65. The van der Waals surface area contributed by atoms with Crippen LogP contribution in [0.25, 0.3) is 0 Å². The van der Waals surface area contributed by atoms with Gasteiger partial charge in [0.2, 0.25) is 11.3 Å². The van der Waals surface area contributed by atoms with E-state index in [0.717, 1.165) is 0 Å². The summed E-state index contributed by atoms with van der Waals surface area (Å²) in [4.78, 5) is 26.3. The molecule has 1 rings (SSSR count). The molecule has 1 amide bonds. The van der Waals surface area contributed by atoms with Crippen LogP contribution in [0, 0.1) is 0 Å². The largest absolute Gasteiger partial charge is 0.391 e. The van der Waals surface area contributed by atoms with Gasteiger partial charge in [0.25, 0.3) is 5.91 Å². The van der Waals surface area contributed by atoms with Gasteiger partial charge in [-0.05, 0) is 12.1 Å². The van der Waals surface area contributed by atoms with Crippen LogP contribution in [0.5, 0.6) is 0 Å². The maximum Gasteiger partial charge on any atom is 0.252 e. The third kappa shape index (κ3) is 1.90. The third-order valence-electron chi connectivity index (χ3n) is 2.06. The molecule has 1 heterocycles. The van der Waals surface area contributed by atoms with E-state index in [1.54, 1.807) is 0 Å². The lowest BCUT2D eigenvalue weighted by molar-refractivity contribution is -0.119. The van der Waals surface area contributed by atoms with Crippen molar-refractivity contribution in [1.29, 1.82) is 0 Å². The van der Waals surface area contributed by atoms with Crippen molar-refractivity contribution >= 4 is 28.9 Å². The van der Waals surface area contributed by atoms with E-state index < -0.39 is 22.2 Å². The second-order valence-electron chi connectivity index (χ2n) is 3.11. The zero-order valence-corrected chi connectivity index (χ0v) is 9.03. The van der Waals surface area contributed by atoms with Gasteiger partial charge in [-0.25, -0.2) is 0 Å². The molecule has 0 aromatic carbocycles. The number of Topliss-reactive ketones (excluding diaryl/α,β-unsaturated/α-hetero) is 1. The van der Waals surface area contributed by atoms with Crippen LogP contribution >= 0.6 is 12.2 Å². The van der Waals surface area contributed by atoms with Crippen LogP contribution in [0.1, 0.15) is 10.4 Å². The molecule has 0 saturated carbocycles. The number of pyridine rings is 1. The molecule has 0 bridgehead atoms. The minimum Gasteiger partial charge on any atom is -0.391 e. The summed E-state index contributed by atoms with van der Waals surface area (Å²) in [7, 11) is 0. The van der Waals surface area contributed by atoms with Crippen molar-refractivity contribution in [2.45, 2.75) is 5.54 Å². The fourth-order valence-electron chi connectivity index (χ4n) is 1.07. The Kier molecular flexibility index (Phi) is 3.31. The van der Waals surface area contributed by atoms with Crippen LogP contribution < -0.4 is 17.2 Å². The lowest BCUT2D eigenvalue weighted by Gasteiger charge is -2.22. The zero-order chi connectivity index (χ0) is 12.3. The molecule has 1 atom stereocenters. The Morgan fingerprint density at radius 1 is 1.38 bits per heavy atom. The third-order valence-corrected chi connectivity index (χ3v) is 2.38. The lowest BCUT2D eigenvalue weighted by atomic mass is 9.90. The summed E-state index contributed by atoms with van der Waals surface area (Å²) in [6.07, 6.45) is 2.73. The highest BCUT2D eigenvalue weighted by molar-refractivity contribution is 7.80. The number of carbonyl (C=O) groups excluding carboxylic acids is 2. The van der Waals surface area contributed by atoms with Crippen LogP contribution in [0.4, 0.5) is 0 Å². The summed E-state index contributed by atoms with van der Waals surface area (Å²) in [6, 6.07) is 2.96. The molecule has 6 nitrogen and oxygen atoms in total. The van der Waals surface area contributed by atoms with E-state index in [2.05, 4.69) is 17.2 Å². The molecule has 1 aromatic heterocycles.